The standard InChI is InChI=1S/C20H29Cl/c1-20(2)18-16-14-12-10-8-6-4-3-5-7-9-11-13-15-17-19-21/h20H,3,8-9,11,13-19H2,1-2H3. The molecule has 0 aliphatic rings. The molecule has 0 aromatic rings. The van der Waals surface area contributed by atoms with Crippen molar-refractivity contribution >= 4 is 11.6 Å². The molecule has 21 heavy (non-hydrogen) atoms. The molecule has 0 heterocycles. The number of hydrogen-bond donors (Lipinski definition) is 0. The van der Waals surface area contributed by atoms with Crippen LogP contribution in [0.25, 0.3) is 0 Å². The smallest absolute Gasteiger partial charge is 0.0702 e. The van der Waals surface area contributed by atoms with Crippen LogP contribution in [0.15, 0.2) is 0 Å². The first-order valence-electron chi connectivity index (χ1n) is 8.20. The summed E-state index contributed by atoms with van der Waals surface area (Å²) >= 11 is 5.62. The van der Waals surface area contributed by atoms with Crippen molar-refractivity contribution in [3.63, 3.8) is 0 Å². The summed E-state index contributed by atoms with van der Waals surface area (Å²) in [6, 6.07) is 0. The molecule has 0 bridgehead atoms. The van der Waals surface area contributed by atoms with Gasteiger partial charge in [0.05, 0.1) is 12.8 Å². The van der Waals surface area contributed by atoms with E-state index in [1.807, 2.05) is 0 Å². The second-order valence-electron chi connectivity index (χ2n) is 5.55. The van der Waals surface area contributed by atoms with Gasteiger partial charge in [-0.15, -0.1) is 23.4 Å². The molecule has 0 amide bonds. The van der Waals surface area contributed by atoms with E-state index in [4.69, 9.17) is 11.6 Å². The number of halogens is 1. The predicted molar refractivity (Wildman–Crippen MR) is 95.1 cm³/mol. The summed E-state index contributed by atoms with van der Waals surface area (Å²) in [4.78, 5) is 0. The summed E-state index contributed by atoms with van der Waals surface area (Å²) in [5, 5.41) is 0. The third-order valence-electron chi connectivity index (χ3n) is 3.00. The van der Waals surface area contributed by atoms with Gasteiger partial charge in [-0.2, -0.15) is 0 Å². The molecule has 0 radical (unpaired) electrons. The maximum Gasteiger partial charge on any atom is 0.0702 e. The molecule has 1 heteroatoms. The van der Waals surface area contributed by atoms with Crippen LogP contribution in [0.4, 0.5) is 0 Å². The molecule has 0 aromatic heterocycles. The summed E-state index contributed by atoms with van der Waals surface area (Å²) in [6.45, 7) is 4.50. The number of unbranched alkanes of at least 4 members (excludes halogenated alkanes) is 5. The van der Waals surface area contributed by atoms with Crippen LogP contribution in [0.3, 0.4) is 0 Å². The van der Waals surface area contributed by atoms with Gasteiger partial charge in [0.1, 0.15) is 0 Å². The maximum absolute atomic E-state index is 5.62. The molecule has 0 atom stereocenters. The van der Waals surface area contributed by atoms with Crippen LogP contribution < -0.4 is 0 Å². The van der Waals surface area contributed by atoms with Gasteiger partial charge in [0.2, 0.25) is 0 Å². The Balaban J connectivity index is 3.43. The number of rotatable bonds is 8. The summed E-state index contributed by atoms with van der Waals surface area (Å²) in [7, 11) is 0. The van der Waals surface area contributed by atoms with Gasteiger partial charge < -0.3 is 0 Å². The second-order valence-corrected chi connectivity index (χ2v) is 5.93. The summed E-state index contributed by atoms with van der Waals surface area (Å²) < 4.78 is 0. The molecule has 0 saturated heterocycles. The molecule has 0 nitrogen and oxygen atoms in total. The van der Waals surface area contributed by atoms with Gasteiger partial charge in [0.15, 0.2) is 0 Å². The molecule has 0 aromatic carbocycles. The minimum absolute atomic E-state index is 0.677. The Morgan fingerprint density at radius 1 is 0.667 bits per heavy atom. The lowest BCUT2D eigenvalue weighted by molar-refractivity contribution is 0.562. The molecule has 0 fully saturated rings. The highest BCUT2D eigenvalue weighted by molar-refractivity contribution is 6.17. The Morgan fingerprint density at radius 3 is 1.76 bits per heavy atom. The van der Waals surface area contributed by atoms with Gasteiger partial charge in [-0.3, -0.25) is 0 Å². The van der Waals surface area contributed by atoms with Crippen LogP contribution >= 0.6 is 11.6 Å². The first-order chi connectivity index (χ1) is 10.3. The average Bonchev–Trinajstić information content (AvgIpc) is 2.46. The lowest BCUT2D eigenvalue weighted by Gasteiger charge is -1.98. The minimum atomic E-state index is 0.677. The zero-order valence-electron chi connectivity index (χ0n) is 13.7. The van der Waals surface area contributed by atoms with E-state index in [9.17, 15) is 0 Å². The fourth-order valence-electron chi connectivity index (χ4n) is 1.78. The van der Waals surface area contributed by atoms with Gasteiger partial charge in [0.25, 0.3) is 0 Å². The molecule has 0 N–H and O–H groups in total. The van der Waals surface area contributed by atoms with Gasteiger partial charge >= 0.3 is 0 Å². The zero-order chi connectivity index (χ0) is 15.6. The van der Waals surface area contributed by atoms with Crippen molar-refractivity contribution < 1.29 is 0 Å². The maximum atomic E-state index is 5.62. The highest BCUT2D eigenvalue weighted by Crippen LogP contribution is 2.05. The Hall–Kier alpha value is -1.03. The molecule has 0 aliphatic carbocycles. The van der Waals surface area contributed by atoms with Gasteiger partial charge in [-0.05, 0) is 25.2 Å². The highest BCUT2D eigenvalue weighted by Gasteiger charge is 1.90. The third kappa shape index (κ3) is 19.0. The van der Waals surface area contributed by atoms with E-state index in [0.717, 1.165) is 31.1 Å². The first-order valence-corrected chi connectivity index (χ1v) is 8.74. The molecular weight excluding hydrogens is 276 g/mol. The Morgan fingerprint density at radius 2 is 1.19 bits per heavy atom. The van der Waals surface area contributed by atoms with E-state index in [2.05, 4.69) is 49.4 Å². The molecular formula is C20H29Cl. The van der Waals surface area contributed by atoms with Crippen molar-refractivity contribution in [2.24, 2.45) is 5.92 Å². The van der Waals surface area contributed by atoms with Crippen LogP contribution in [-0.4, -0.2) is 5.88 Å². The fraction of sp³-hybridized carbons (Fsp3) is 0.700. The highest BCUT2D eigenvalue weighted by atomic mass is 35.5. The van der Waals surface area contributed by atoms with Gasteiger partial charge in [-0.25, -0.2) is 0 Å². The minimum Gasteiger partial charge on any atom is -0.127 e. The van der Waals surface area contributed by atoms with Crippen LogP contribution in [0, 0.1) is 41.4 Å². The lowest BCUT2D eigenvalue weighted by atomic mass is 10.1. The van der Waals surface area contributed by atoms with Crippen LogP contribution in [0.2, 0.25) is 0 Å². The van der Waals surface area contributed by atoms with Gasteiger partial charge in [0, 0.05) is 18.7 Å². The summed E-state index contributed by atoms with van der Waals surface area (Å²) in [5.41, 5.74) is 0. The molecule has 0 aliphatic heterocycles. The monoisotopic (exact) mass is 304 g/mol. The summed E-state index contributed by atoms with van der Waals surface area (Å²) in [6.07, 6.45) is 10.6. The number of alkyl halides is 1. The van der Waals surface area contributed by atoms with Gasteiger partial charge in [-0.1, -0.05) is 56.8 Å². The van der Waals surface area contributed by atoms with Crippen molar-refractivity contribution in [3.05, 3.63) is 0 Å². The molecule has 116 valence electrons. The Bertz CT molecular complexity index is 400. The Labute approximate surface area is 137 Å². The first kappa shape index (κ1) is 20.0. The van der Waals surface area contributed by atoms with Crippen molar-refractivity contribution in [1.82, 2.24) is 0 Å². The van der Waals surface area contributed by atoms with Crippen LogP contribution in [-0.2, 0) is 0 Å². The lowest BCUT2D eigenvalue weighted by Crippen LogP contribution is -1.85. The van der Waals surface area contributed by atoms with Crippen molar-refractivity contribution in [3.8, 4) is 35.5 Å². The van der Waals surface area contributed by atoms with Crippen LogP contribution in [0.5, 0.6) is 0 Å². The van der Waals surface area contributed by atoms with E-state index in [1.165, 1.54) is 32.1 Å². The van der Waals surface area contributed by atoms with E-state index in [0.29, 0.717) is 12.8 Å². The quantitative estimate of drug-likeness (QED) is 0.302. The van der Waals surface area contributed by atoms with E-state index < -0.39 is 0 Å². The van der Waals surface area contributed by atoms with Crippen molar-refractivity contribution in [2.75, 3.05) is 5.88 Å². The molecule has 0 spiro atoms. The third-order valence-corrected chi connectivity index (χ3v) is 3.26. The SMILES string of the molecule is CC(C)CCCC#CCC#CCC#CCCCCCCCl. The normalized spacial score (nSPS) is 9.14. The van der Waals surface area contributed by atoms with Crippen LogP contribution in [0.1, 0.15) is 78.1 Å². The van der Waals surface area contributed by atoms with Crippen molar-refractivity contribution in [1.29, 1.82) is 0 Å². The number of hydrogen-bond acceptors (Lipinski definition) is 0. The topological polar surface area (TPSA) is 0 Å². The summed E-state index contributed by atoms with van der Waals surface area (Å²) in [5.74, 6) is 20.2. The molecule has 0 unspecified atom stereocenters. The van der Waals surface area contributed by atoms with E-state index >= 15 is 0 Å². The zero-order valence-corrected chi connectivity index (χ0v) is 14.5. The predicted octanol–water partition coefficient (Wildman–Crippen LogP) is 5.79. The van der Waals surface area contributed by atoms with Crippen molar-refractivity contribution in [2.45, 2.75) is 78.1 Å². The van der Waals surface area contributed by atoms with E-state index in [-0.39, 0.29) is 0 Å². The average molecular weight is 305 g/mol. The van der Waals surface area contributed by atoms with E-state index in [1.54, 1.807) is 0 Å². The Kier molecular flexibility index (Phi) is 16.2. The fourth-order valence-corrected chi connectivity index (χ4v) is 1.96. The molecule has 0 saturated carbocycles. The second kappa shape index (κ2) is 17.0. The largest absolute Gasteiger partial charge is 0.127 e. The molecule has 0 rings (SSSR count).